The second-order valence-electron chi connectivity index (χ2n) is 7.41. The lowest BCUT2D eigenvalue weighted by Crippen LogP contribution is -2.34. The van der Waals surface area contributed by atoms with Gasteiger partial charge in [-0.3, -0.25) is 19.0 Å². The van der Waals surface area contributed by atoms with Crippen molar-refractivity contribution in [3.05, 3.63) is 69.7 Å². The first-order valence-corrected chi connectivity index (χ1v) is 10.7. The Balaban J connectivity index is 1.42. The molecule has 3 aromatic rings. The lowest BCUT2D eigenvalue weighted by molar-refractivity contribution is -0.133. The summed E-state index contributed by atoms with van der Waals surface area (Å²) in [6, 6.07) is 16.4. The van der Waals surface area contributed by atoms with Crippen molar-refractivity contribution < 1.29 is 9.59 Å². The van der Waals surface area contributed by atoms with Crippen LogP contribution in [0.3, 0.4) is 0 Å². The molecule has 2 N–H and O–H groups in total. The lowest BCUT2D eigenvalue weighted by Gasteiger charge is -2.17. The minimum atomic E-state index is -0.230. The minimum absolute atomic E-state index is 0.00928. The second-order valence-corrected chi connectivity index (χ2v) is 7.79. The summed E-state index contributed by atoms with van der Waals surface area (Å²) in [5.41, 5.74) is 1.34. The quantitative estimate of drug-likeness (QED) is 0.394. The van der Waals surface area contributed by atoms with Gasteiger partial charge in [-0.1, -0.05) is 36.8 Å². The van der Waals surface area contributed by atoms with E-state index in [9.17, 15) is 14.4 Å². The molecule has 0 bridgehead atoms. The summed E-state index contributed by atoms with van der Waals surface area (Å²) in [7, 11) is 1.63. The van der Waals surface area contributed by atoms with Crippen LogP contribution in [0, 0.1) is 4.77 Å². The van der Waals surface area contributed by atoms with E-state index in [1.807, 2.05) is 36.4 Å². The summed E-state index contributed by atoms with van der Waals surface area (Å²) in [4.78, 5) is 41.5. The fourth-order valence-corrected chi connectivity index (χ4v) is 3.63. The highest BCUT2D eigenvalue weighted by Gasteiger charge is 2.13. The number of benzene rings is 2. The number of para-hydroxylation sites is 2. The number of aromatic amines is 1. The number of rotatable bonds is 9. The minimum Gasteiger partial charge on any atom is -0.336 e. The molecule has 2 aromatic carbocycles. The molecule has 0 aliphatic heterocycles. The maximum Gasteiger partial charge on any atom is 0.262 e. The number of nitrogens with zero attached hydrogens (tertiary/aromatic N) is 2. The van der Waals surface area contributed by atoms with Crippen molar-refractivity contribution in [2.24, 2.45) is 0 Å². The van der Waals surface area contributed by atoms with Crippen LogP contribution in [0.2, 0.25) is 0 Å². The summed E-state index contributed by atoms with van der Waals surface area (Å²) in [6.45, 7) is 0.512. The number of fused-ring (bicyclic) bond motifs is 1. The van der Waals surface area contributed by atoms with Crippen LogP contribution in [0.4, 0.5) is 5.69 Å². The number of H-pyrrole nitrogens is 1. The Morgan fingerprint density at radius 1 is 1.03 bits per heavy atom. The summed E-state index contributed by atoms with van der Waals surface area (Å²) < 4.78 is 1.98. The van der Waals surface area contributed by atoms with Gasteiger partial charge in [0.15, 0.2) is 4.77 Å². The highest BCUT2D eigenvalue weighted by molar-refractivity contribution is 7.71. The molecule has 3 rings (SSSR count). The largest absolute Gasteiger partial charge is 0.336 e. The van der Waals surface area contributed by atoms with Crippen molar-refractivity contribution in [3.8, 4) is 0 Å². The maximum absolute atomic E-state index is 12.6. The Kier molecular flexibility index (Phi) is 7.72. The molecular formula is C23H26N4O3S. The number of carbonyl (C=O) groups is 2. The van der Waals surface area contributed by atoms with Crippen LogP contribution in [-0.4, -0.2) is 39.9 Å². The fraction of sp³-hybridized carbons (Fsp3) is 0.304. The van der Waals surface area contributed by atoms with Gasteiger partial charge in [0.25, 0.3) is 5.56 Å². The number of unbranched alkanes of at least 4 members (excludes halogenated alkanes) is 2. The summed E-state index contributed by atoms with van der Waals surface area (Å²) in [5.74, 6) is -0.310. The van der Waals surface area contributed by atoms with Gasteiger partial charge in [-0.2, -0.15) is 0 Å². The molecule has 7 nitrogen and oxygen atoms in total. The predicted octanol–water partition coefficient (Wildman–Crippen LogP) is 3.72. The molecular weight excluding hydrogens is 412 g/mol. The molecule has 0 atom stereocenters. The summed E-state index contributed by atoms with van der Waals surface area (Å²) in [5, 5.41) is 3.38. The number of hydrogen-bond donors (Lipinski definition) is 2. The van der Waals surface area contributed by atoms with Crippen LogP contribution < -0.4 is 10.9 Å². The van der Waals surface area contributed by atoms with Gasteiger partial charge in [0, 0.05) is 25.7 Å². The van der Waals surface area contributed by atoms with Gasteiger partial charge in [-0.15, -0.1) is 0 Å². The second kappa shape index (κ2) is 10.7. The average Bonchev–Trinajstić information content (AvgIpc) is 2.76. The Hall–Kier alpha value is -3.26. The average molecular weight is 439 g/mol. The smallest absolute Gasteiger partial charge is 0.262 e. The Bertz CT molecular complexity index is 1170. The van der Waals surface area contributed by atoms with Gasteiger partial charge in [0.1, 0.15) is 0 Å². The first kappa shape index (κ1) is 22.4. The van der Waals surface area contributed by atoms with Gasteiger partial charge in [0.05, 0.1) is 17.4 Å². The van der Waals surface area contributed by atoms with Crippen LogP contribution in [0.15, 0.2) is 59.4 Å². The van der Waals surface area contributed by atoms with E-state index >= 15 is 0 Å². The molecule has 0 fully saturated rings. The molecule has 0 saturated carbocycles. The zero-order valence-corrected chi connectivity index (χ0v) is 18.3. The zero-order chi connectivity index (χ0) is 22.2. The number of nitrogens with one attached hydrogen (secondary N) is 2. The van der Waals surface area contributed by atoms with Crippen molar-refractivity contribution in [1.29, 1.82) is 0 Å². The van der Waals surface area contributed by atoms with Crippen LogP contribution in [0.25, 0.3) is 10.9 Å². The number of hydrogen-bond acceptors (Lipinski definition) is 4. The predicted molar refractivity (Wildman–Crippen MR) is 125 cm³/mol. The third kappa shape index (κ3) is 6.11. The van der Waals surface area contributed by atoms with E-state index in [-0.39, 0.29) is 23.9 Å². The number of aromatic nitrogens is 2. The molecule has 2 amide bonds. The van der Waals surface area contributed by atoms with Crippen molar-refractivity contribution in [3.63, 3.8) is 0 Å². The Morgan fingerprint density at radius 2 is 1.74 bits per heavy atom. The number of amides is 2. The lowest BCUT2D eigenvalue weighted by atomic mass is 10.1. The molecule has 0 spiro atoms. The SMILES string of the molecule is CN(CC(=O)Nc1ccccc1)C(=O)CCCCCn1c(=S)[nH]c2ccccc2c1=O. The van der Waals surface area contributed by atoms with Crippen LogP contribution in [-0.2, 0) is 16.1 Å². The van der Waals surface area contributed by atoms with Gasteiger partial charge >= 0.3 is 0 Å². The van der Waals surface area contributed by atoms with E-state index in [1.54, 1.807) is 29.8 Å². The highest BCUT2D eigenvalue weighted by atomic mass is 32.1. The van der Waals surface area contributed by atoms with E-state index < -0.39 is 0 Å². The highest BCUT2D eigenvalue weighted by Crippen LogP contribution is 2.09. The van der Waals surface area contributed by atoms with Crippen molar-refractivity contribution in [2.45, 2.75) is 32.2 Å². The molecule has 0 saturated heterocycles. The molecule has 8 heteroatoms. The van der Waals surface area contributed by atoms with E-state index in [0.29, 0.717) is 35.2 Å². The zero-order valence-electron chi connectivity index (χ0n) is 17.5. The monoisotopic (exact) mass is 438 g/mol. The Morgan fingerprint density at radius 3 is 2.52 bits per heavy atom. The van der Waals surface area contributed by atoms with E-state index in [2.05, 4.69) is 10.3 Å². The Labute approximate surface area is 185 Å². The molecule has 1 aromatic heterocycles. The van der Waals surface area contributed by atoms with E-state index in [4.69, 9.17) is 12.2 Å². The van der Waals surface area contributed by atoms with Gasteiger partial charge in [-0.25, -0.2) is 0 Å². The third-order valence-electron chi connectivity index (χ3n) is 5.03. The number of carbonyl (C=O) groups excluding carboxylic acids is 2. The molecule has 0 radical (unpaired) electrons. The molecule has 0 aliphatic rings. The van der Waals surface area contributed by atoms with Crippen LogP contribution in [0.5, 0.6) is 0 Å². The van der Waals surface area contributed by atoms with E-state index in [1.165, 1.54) is 4.90 Å². The number of anilines is 1. The molecule has 31 heavy (non-hydrogen) atoms. The third-order valence-corrected chi connectivity index (χ3v) is 5.35. The van der Waals surface area contributed by atoms with Crippen LogP contribution in [0.1, 0.15) is 25.7 Å². The summed E-state index contributed by atoms with van der Waals surface area (Å²) in [6.07, 6.45) is 2.56. The topological polar surface area (TPSA) is 87.2 Å². The normalized spacial score (nSPS) is 10.7. The molecule has 1 heterocycles. The van der Waals surface area contributed by atoms with Gasteiger partial charge in [0.2, 0.25) is 11.8 Å². The molecule has 162 valence electrons. The van der Waals surface area contributed by atoms with Gasteiger partial charge < -0.3 is 15.2 Å². The first-order valence-electron chi connectivity index (χ1n) is 10.3. The maximum atomic E-state index is 12.6. The number of likely N-dealkylation sites (N-methyl/N-ethyl adjacent to an activating group) is 1. The standard InChI is InChI=1S/C23H26N4O3S/c1-26(16-20(28)24-17-10-4-2-5-11-17)21(29)14-6-3-9-15-27-22(30)18-12-7-8-13-19(18)25-23(27)31/h2,4-5,7-8,10-13H,3,6,9,14-16H2,1H3,(H,24,28)(H,25,31). The first-order chi connectivity index (χ1) is 15.0. The van der Waals surface area contributed by atoms with Crippen LogP contribution >= 0.6 is 12.2 Å². The fourth-order valence-electron chi connectivity index (χ4n) is 3.34. The summed E-state index contributed by atoms with van der Waals surface area (Å²) >= 11 is 5.32. The van der Waals surface area contributed by atoms with Crippen molar-refractivity contribution >= 4 is 40.6 Å². The van der Waals surface area contributed by atoms with E-state index in [0.717, 1.165) is 18.4 Å². The van der Waals surface area contributed by atoms with Gasteiger partial charge in [-0.05, 0) is 49.3 Å². The van der Waals surface area contributed by atoms with Crippen molar-refractivity contribution in [1.82, 2.24) is 14.5 Å². The molecule has 0 aliphatic carbocycles. The van der Waals surface area contributed by atoms with Crippen molar-refractivity contribution in [2.75, 3.05) is 18.9 Å². The molecule has 0 unspecified atom stereocenters.